The number of hydrogen-bond donors (Lipinski definition) is 1. The van der Waals surface area contributed by atoms with Gasteiger partial charge in [0.25, 0.3) is 0 Å². The number of hydrogen-bond acceptors (Lipinski definition) is 2. The summed E-state index contributed by atoms with van der Waals surface area (Å²) in [5.74, 6) is 0. The van der Waals surface area contributed by atoms with Crippen molar-refractivity contribution in [3.05, 3.63) is 41.5 Å². The van der Waals surface area contributed by atoms with E-state index < -0.39 is 0 Å². The Morgan fingerprint density at radius 3 is 3.00 bits per heavy atom. The summed E-state index contributed by atoms with van der Waals surface area (Å²) in [4.78, 5) is 4.88. The maximum atomic E-state index is 4.88. The van der Waals surface area contributed by atoms with E-state index in [1.165, 1.54) is 11.1 Å². The lowest BCUT2D eigenvalue weighted by Crippen LogP contribution is -2.16. The van der Waals surface area contributed by atoms with Gasteiger partial charge in [-0.15, -0.1) is 0 Å². The zero-order valence-corrected chi connectivity index (χ0v) is 6.95. The molecule has 1 atom stereocenters. The Bertz CT molecular complexity index is 306. The van der Waals surface area contributed by atoms with E-state index in [4.69, 9.17) is 4.84 Å². The van der Waals surface area contributed by atoms with Gasteiger partial charge in [-0.3, -0.25) is 0 Å². The van der Waals surface area contributed by atoms with Crippen LogP contribution in [0.5, 0.6) is 0 Å². The van der Waals surface area contributed by atoms with E-state index in [9.17, 15) is 0 Å². The van der Waals surface area contributed by atoms with Crippen molar-refractivity contribution in [2.45, 2.75) is 6.04 Å². The van der Waals surface area contributed by atoms with E-state index in [2.05, 4.69) is 29.8 Å². The van der Waals surface area contributed by atoms with E-state index in [1.807, 2.05) is 12.1 Å². The molecule has 1 aromatic carbocycles. The molecule has 0 fully saturated rings. The van der Waals surface area contributed by atoms with Crippen LogP contribution in [0.1, 0.15) is 17.2 Å². The van der Waals surface area contributed by atoms with E-state index in [-0.39, 0.29) is 6.04 Å². The lowest BCUT2D eigenvalue weighted by Gasteiger charge is -2.10. The molecular formula is C10H11NO. The molecule has 62 valence electrons. The first kappa shape index (κ1) is 7.53. The highest BCUT2D eigenvalue weighted by atomic mass is 16.6. The molecule has 0 aliphatic heterocycles. The maximum absolute atomic E-state index is 4.88. The molecule has 2 heteroatoms. The van der Waals surface area contributed by atoms with Crippen molar-refractivity contribution in [2.24, 2.45) is 0 Å². The minimum atomic E-state index is 0.214. The molecular weight excluding hydrogens is 150 g/mol. The Balaban J connectivity index is 2.30. The van der Waals surface area contributed by atoms with Gasteiger partial charge in [0, 0.05) is 0 Å². The van der Waals surface area contributed by atoms with Crippen LogP contribution in [-0.2, 0) is 4.84 Å². The quantitative estimate of drug-likeness (QED) is 0.669. The van der Waals surface area contributed by atoms with Crippen molar-refractivity contribution >= 4 is 6.08 Å². The summed E-state index contributed by atoms with van der Waals surface area (Å²) in [6.45, 7) is 0. The summed E-state index contributed by atoms with van der Waals surface area (Å²) in [7, 11) is 1.63. The highest BCUT2D eigenvalue weighted by Crippen LogP contribution is 2.27. The predicted molar refractivity (Wildman–Crippen MR) is 48.4 cm³/mol. The van der Waals surface area contributed by atoms with Crippen molar-refractivity contribution in [1.29, 1.82) is 0 Å². The van der Waals surface area contributed by atoms with Crippen LogP contribution >= 0.6 is 0 Å². The molecule has 1 aromatic rings. The molecule has 0 spiro atoms. The van der Waals surface area contributed by atoms with E-state index >= 15 is 0 Å². The number of fused-ring (bicyclic) bond motifs is 1. The molecule has 2 nitrogen and oxygen atoms in total. The van der Waals surface area contributed by atoms with E-state index in [0.717, 1.165) is 0 Å². The molecule has 1 aliphatic rings. The average Bonchev–Trinajstić information content (AvgIpc) is 2.50. The standard InChI is InChI=1S/C10H11NO/c1-12-11-10-7-6-8-4-2-3-5-9(8)10/h2-7,10-11H,1H3. The topological polar surface area (TPSA) is 21.3 Å². The second-order valence-corrected chi connectivity index (χ2v) is 2.79. The third kappa shape index (κ3) is 1.15. The van der Waals surface area contributed by atoms with Gasteiger partial charge in [-0.25, -0.2) is 0 Å². The van der Waals surface area contributed by atoms with Crippen LogP contribution in [0.25, 0.3) is 6.08 Å². The third-order valence-corrected chi connectivity index (χ3v) is 2.04. The summed E-state index contributed by atoms with van der Waals surface area (Å²) >= 11 is 0. The molecule has 0 saturated heterocycles. The lowest BCUT2D eigenvalue weighted by molar-refractivity contribution is 0.0744. The van der Waals surface area contributed by atoms with E-state index in [0.29, 0.717) is 0 Å². The summed E-state index contributed by atoms with van der Waals surface area (Å²) in [6.07, 6.45) is 4.19. The van der Waals surface area contributed by atoms with Gasteiger partial charge in [-0.05, 0) is 11.1 Å². The highest BCUT2D eigenvalue weighted by Gasteiger charge is 2.15. The van der Waals surface area contributed by atoms with Crippen LogP contribution in [0.3, 0.4) is 0 Å². The molecule has 1 aliphatic carbocycles. The summed E-state index contributed by atoms with van der Waals surface area (Å²) < 4.78 is 0. The van der Waals surface area contributed by atoms with E-state index in [1.54, 1.807) is 7.11 Å². The SMILES string of the molecule is CONC1C=Cc2ccccc21. The number of hydroxylamine groups is 1. The molecule has 0 saturated carbocycles. The Kier molecular flexibility index (Phi) is 1.94. The summed E-state index contributed by atoms with van der Waals surface area (Å²) in [5, 5.41) is 0. The van der Waals surface area contributed by atoms with Gasteiger partial charge in [-0.1, -0.05) is 36.4 Å². The fraction of sp³-hybridized carbons (Fsp3) is 0.200. The van der Waals surface area contributed by atoms with Gasteiger partial charge >= 0.3 is 0 Å². The maximum Gasteiger partial charge on any atom is 0.0761 e. The Morgan fingerprint density at radius 1 is 1.33 bits per heavy atom. The second kappa shape index (κ2) is 3.09. The van der Waals surface area contributed by atoms with Gasteiger partial charge in [0.15, 0.2) is 0 Å². The molecule has 1 N–H and O–H groups in total. The van der Waals surface area contributed by atoms with Crippen LogP contribution in [0, 0.1) is 0 Å². The van der Waals surface area contributed by atoms with Crippen molar-refractivity contribution in [1.82, 2.24) is 5.48 Å². The monoisotopic (exact) mass is 161 g/mol. The van der Waals surface area contributed by atoms with Gasteiger partial charge < -0.3 is 4.84 Å². The molecule has 1 unspecified atom stereocenters. The number of rotatable bonds is 2. The molecule has 0 amide bonds. The Morgan fingerprint density at radius 2 is 2.17 bits per heavy atom. The van der Waals surface area contributed by atoms with Crippen LogP contribution in [-0.4, -0.2) is 7.11 Å². The fourth-order valence-electron chi connectivity index (χ4n) is 1.48. The minimum absolute atomic E-state index is 0.214. The Labute approximate surface area is 71.8 Å². The van der Waals surface area contributed by atoms with Crippen LogP contribution in [0.2, 0.25) is 0 Å². The van der Waals surface area contributed by atoms with Gasteiger partial charge in [0.05, 0.1) is 13.2 Å². The first-order chi connectivity index (χ1) is 5.92. The first-order valence-corrected chi connectivity index (χ1v) is 3.97. The molecule has 0 heterocycles. The number of nitrogens with one attached hydrogen (secondary N) is 1. The van der Waals surface area contributed by atoms with Crippen LogP contribution < -0.4 is 5.48 Å². The van der Waals surface area contributed by atoms with Gasteiger partial charge in [-0.2, -0.15) is 5.48 Å². The van der Waals surface area contributed by atoms with Gasteiger partial charge in [0.2, 0.25) is 0 Å². The van der Waals surface area contributed by atoms with Gasteiger partial charge in [0.1, 0.15) is 0 Å². The molecule has 0 radical (unpaired) electrons. The second-order valence-electron chi connectivity index (χ2n) is 2.79. The summed E-state index contributed by atoms with van der Waals surface area (Å²) in [5.41, 5.74) is 5.46. The number of benzene rings is 1. The molecule has 2 rings (SSSR count). The highest BCUT2D eigenvalue weighted by molar-refractivity contribution is 5.61. The van der Waals surface area contributed by atoms with Crippen LogP contribution in [0.15, 0.2) is 30.3 Å². The van der Waals surface area contributed by atoms with Crippen molar-refractivity contribution in [3.8, 4) is 0 Å². The predicted octanol–water partition coefficient (Wildman–Crippen LogP) is 1.91. The lowest BCUT2D eigenvalue weighted by atomic mass is 10.1. The third-order valence-electron chi connectivity index (χ3n) is 2.04. The molecule has 0 aromatic heterocycles. The van der Waals surface area contributed by atoms with Crippen LogP contribution in [0.4, 0.5) is 0 Å². The summed E-state index contributed by atoms with van der Waals surface area (Å²) in [6, 6.07) is 8.50. The average molecular weight is 161 g/mol. The fourth-order valence-corrected chi connectivity index (χ4v) is 1.48. The largest absolute Gasteiger partial charge is 0.304 e. The zero-order chi connectivity index (χ0) is 8.39. The first-order valence-electron chi connectivity index (χ1n) is 3.97. The minimum Gasteiger partial charge on any atom is -0.304 e. The Hall–Kier alpha value is -1.12. The molecule has 0 bridgehead atoms. The van der Waals surface area contributed by atoms with Crippen molar-refractivity contribution in [3.63, 3.8) is 0 Å². The normalized spacial score (nSPS) is 19.6. The zero-order valence-electron chi connectivity index (χ0n) is 6.95. The van der Waals surface area contributed by atoms with Crippen molar-refractivity contribution < 1.29 is 4.84 Å². The smallest absolute Gasteiger partial charge is 0.0761 e. The molecule has 12 heavy (non-hydrogen) atoms. The van der Waals surface area contributed by atoms with Crippen molar-refractivity contribution in [2.75, 3.05) is 7.11 Å².